The van der Waals surface area contributed by atoms with Crippen molar-refractivity contribution in [2.45, 2.75) is 13.5 Å². The molecule has 1 amide bonds. The molecule has 1 atom stereocenters. The summed E-state index contributed by atoms with van der Waals surface area (Å²) in [5.41, 5.74) is 1.02. The first kappa shape index (κ1) is 11.7. The lowest BCUT2D eigenvalue weighted by molar-refractivity contribution is -0.134. The molecule has 2 N–H and O–H groups in total. The highest BCUT2D eigenvalue weighted by molar-refractivity contribution is 5.78. The summed E-state index contributed by atoms with van der Waals surface area (Å²) in [6.45, 7) is 3.22. The summed E-state index contributed by atoms with van der Waals surface area (Å²) in [6.07, 6.45) is 3.53. The van der Waals surface area contributed by atoms with Gasteiger partial charge in [0, 0.05) is 37.8 Å². The molecule has 0 fully saturated rings. The summed E-state index contributed by atoms with van der Waals surface area (Å²) >= 11 is 0. The van der Waals surface area contributed by atoms with Crippen LogP contribution in [0.1, 0.15) is 12.5 Å². The molecule has 1 aromatic heterocycles. The molecule has 1 rings (SSSR count). The summed E-state index contributed by atoms with van der Waals surface area (Å²) in [5.74, 6) is 0.150. The second kappa shape index (κ2) is 5.50. The van der Waals surface area contributed by atoms with Gasteiger partial charge in [-0.3, -0.25) is 9.89 Å². The first-order valence-corrected chi connectivity index (χ1v) is 5.02. The molecular formula is C10H18N4O. The fraction of sp³-hybridized carbons (Fsp3) is 0.600. The van der Waals surface area contributed by atoms with E-state index in [-0.39, 0.29) is 11.8 Å². The lowest BCUT2D eigenvalue weighted by Crippen LogP contribution is -2.35. The van der Waals surface area contributed by atoms with Crippen molar-refractivity contribution in [3.8, 4) is 0 Å². The molecule has 15 heavy (non-hydrogen) atoms. The maximum absolute atomic E-state index is 11.8. The third kappa shape index (κ3) is 3.36. The van der Waals surface area contributed by atoms with Crippen LogP contribution in [0, 0.1) is 5.92 Å². The molecule has 1 unspecified atom stereocenters. The molecule has 0 spiro atoms. The van der Waals surface area contributed by atoms with Crippen molar-refractivity contribution in [1.82, 2.24) is 20.4 Å². The van der Waals surface area contributed by atoms with Crippen molar-refractivity contribution in [1.29, 1.82) is 0 Å². The zero-order valence-corrected chi connectivity index (χ0v) is 9.45. The Morgan fingerprint density at radius 1 is 1.73 bits per heavy atom. The van der Waals surface area contributed by atoms with Crippen molar-refractivity contribution < 1.29 is 4.79 Å². The fourth-order valence-electron chi connectivity index (χ4n) is 1.49. The van der Waals surface area contributed by atoms with Gasteiger partial charge in [-0.25, -0.2) is 0 Å². The smallest absolute Gasteiger partial charge is 0.226 e. The standard InChI is InChI=1S/C10H18N4O/c1-8(4-11-2)10(15)14(3)7-9-5-12-13-6-9/h5-6,8,11H,4,7H2,1-3H3,(H,12,13). The van der Waals surface area contributed by atoms with Gasteiger partial charge in [0.15, 0.2) is 0 Å². The molecule has 5 nitrogen and oxygen atoms in total. The van der Waals surface area contributed by atoms with Crippen molar-refractivity contribution in [2.24, 2.45) is 5.92 Å². The minimum atomic E-state index is 0.00639. The molecule has 0 aliphatic carbocycles. The topological polar surface area (TPSA) is 61.0 Å². The van der Waals surface area contributed by atoms with Gasteiger partial charge in [-0.2, -0.15) is 5.10 Å². The van der Waals surface area contributed by atoms with E-state index >= 15 is 0 Å². The van der Waals surface area contributed by atoms with Crippen molar-refractivity contribution in [3.63, 3.8) is 0 Å². The van der Waals surface area contributed by atoms with Crippen molar-refractivity contribution in [3.05, 3.63) is 18.0 Å². The number of H-pyrrole nitrogens is 1. The van der Waals surface area contributed by atoms with E-state index in [1.165, 1.54) is 0 Å². The first-order chi connectivity index (χ1) is 7.15. The van der Waals surface area contributed by atoms with Crippen LogP contribution in [0.3, 0.4) is 0 Å². The van der Waals surface area contributed by atoms with Crippen LogP contribution in [0.25, 0.3) is 0 Å². The molecule has 1 heterocycles. The van der Waals surface area contributed by atoms with Crippen molar-refractivity contribution >= 4 is 5.91 Å². The number of hydrogen-bond donors (Lipinski definition) is 2. The van der Waals surface area contributed by atoms with Crippen LogP contribution in [0.5, 0.6) is 0 Å². The van der Waals surface area contributed by atoms with E-state index in [2.05, 4.69) is 15.5 Å². The van der Waals surface area contributed by atoms with Crippen LogP contribution in [0.4, 0.5) is 0 Å². The molecule has 0 saturated carbocycles. The van der Waals surface area contributed by atoms with E-state index in [9.17, 15) is 4.79 Å². The maximum Gasteiger partial charge on any atom is 0.226 e. The molecule has 0 aliphatic heterocycles. The molecule has 0 aliphatic rings. The van der Waals surface area contributed by atoms with Gasteiger partial charge in [0.1, 0.15) is 0 Å². The van der Waals surface area contributed by atoms with E-state index in [1.807, 2.05) is 21.0 Å². The number of amides is 1. The van der Waals surface area contributed by atoms with Gasteiger partial charge in [0.05, 0.1) is 6.20 Å². The lowest BCUT2D eigenvalue weighted by Gasteiger charge is -2.20. The Hall–Kier alpha value is -1.36. The molecule has 0 bridgehead atoms. The number of carbonyl (C=O) groups excluding carboxylic acids is 1. The number of carbonyl (C=O) groups is 1. The molecule has 0 aromatic carbocycles. The molecular weight excluding hydrogens is 192 g/mol. The zero-order valence-electron chi connectivity index (χ0n) is 9.45. The Labute approximate surface area is 89.9 Å². The maximum atomic E-state index is 11.8. The predicted octanol–water partition coefficient (Wildman–Crippen LogP) is 0.224. The largest absolute Gasteiger partial charge is 0.341 e. The minimum Gasteiger partial charge on any atom is -0.341 e. The second-order valence-corrected chi connectivity index (χ2v) is 3.76. The van der Waals surface area contributed by atoms with E-state index in [0.717, 1.165) is 5.56 Å². The number of aromatic amines is 1. The van der Waals surface area contributed by atoms with Crippen LogP contribution in [0.2, 0.25) is 0 Å². The summed E-state index contributed by atoms with van der Waals surface area (Å²) in [6, 6.07) is 0. The van der Waals surface area contributed by atoms with Gasteiger partial charge in [0.25, 0.3) is 0 Å². The Balaban J connectivity index is 2.46. The average Bonchev–Trinajstić information content (AvgIpc) is 2.69. The van der Waals surface area contributed by atoms with E-state index in [4.69, 9.17) is 0 Å². The third-order valence-electron chi connectivity index (χ3n) is 2.28. The van der Waals surface area contributed by atoms with E-state index in [1.54, 1.807) is 17.3 Å². The normalized spacial score (nSPS) is 12.5. The number of hydrogen-bond acceptors (Lipinski definition) is 3. The predicted molar refractivity (Wildman–Crippen MR) is 58.2 cm³/mol. The molecule has 0 saturated heterocycles. The Morgan fingerprint density at radius 2 is 2.47 bits per heavy atom. The summed E-state index contributed by atoms with van der Waals surface area (Å²) < 4.78 is 0. The van der Waals surface area contributed by atoms with Gasteiger partial charge in [0.2, 0.25) is 5.91 Å². The first-order valence-electron chi connectivity index (χ1n) is 5.02. The lowest BCUT2D eigenvalue weighted by atomic mass is 10.1. The highest BCUT2D eigenvalue weighted by atomic mass is 16.2. The van der Waals surface area contributed by atoms with Gasteiger partial charge in [-0.1, -0.05) is 6.92 Å². The van der Waals surface area contributed by atoms with Crippen molar-refractivity contribution in [2.75, 3.05) is 20.6 Å². The Bertz CT molecular complexity index is 296. The SMILES string of the molecule is CNCC(C)C(=O)N(C)Cc1cn[nH]c1. The number of aromatic nitrogens is 2. The summed E-state index contributed by atoms with van der Waals surface area (Å²) in [5, 5.41) is 9.56. The Kier molecular flexibility index (Phi) is 4.30. The molecule has 0 radical (unpaired) electrons. The van der Waals surface area contributed by atoms with Crippen LogP contribution >= 0.6 is 0 Å². The number of nitrogens with zero attached hydrogens (tertiary/aromatic N) is 2. The zero-order chi connectivity index (χ0) is 11.3. The van der Waals surface area contributed by atoms with Gasteiger partial charge >= 0.3 is 0 Å². The van der Waals surface area contributed by atoms with Gasteiger partial charge in [-0.05, 0) is 7.05 Å². The van der Waals surface area contributed by atoms with Crippen LogP contribution in [0.15, 0.2) is 12.4 Å². The highest BCUT2D eigenvalue weighted by Crippen LogP contribution is 2.04. The highest BCUT2D eigenvalue weighted by Gasteiger charge is 2.16. The number of rotatable bonds is 5. The third-order valence-corrected chi connectivity index (χ3v) is 2.28. The monoisotopic (exact) mass is 210 g/mol. The molecule has 5 heteroatoms. The summed E-state index contributed by atoms with van der Waals surface area (Å²) in [4.78, 5) is 13.5. The van der Waals surface area contributed by atoms with E-state index < -0.39 is 0 Å². The van der Waals surface area contributed by atoms with Crippen LogP contribution in [-0.4, -0.2) is 41.6 Å². The van der Waals surface area contributed by atoms with Gasteiger partial charge < -0.3 is 10.2 Å². The quantitative estimate of drug-likeness (QED) is 0.731. The minimum absolute atomic E-state index is 0.00639. The Morgan fingerprint density at radius 3 is 3.00 bits per heavy atom. The number of nitrogens with one attached hydrogen (secondary N) is 2. The average molecular weight is 210 g/mol. The van der Waals surface area contributed by atoms with Crippen LogP contribution in [-0.2, 0) is 11.3 Å². The molecule has 84 valence electrons. The molecule has 1 aromatic rings. The van der Waals surface area contributed by atoms with Crippen LogP contribution < -0.4 is 5.32 Å². The van der Waals surface area contributed by atoms with Gasteiger partial charge in [-0.15, -0.1) is 0 Å². The summed E-state index contributed by atoms with van der Waals surface area (Å²) in [7, 11) is 3.65. The second-order valence-electron chi connectivity index (χ2n) is 3.76. The fourth-order valence-corrected chi connectivity index (χ4v) is 1.49. The van der Waals surface area contributed by atoms with E-state index in [0.29, 0.717) is 13.1 Å².